The average Bonchev–Trinajstić information content (AvgIpc) is 2.98. The van der Waals surface area contributed by atoms with Crippen molar-refractivity contribution in [3.05, 3.63) is 81.6 Å². The minimum atomic E-state index is -0.602. The Hall–Kier alpha value is -4.44. The molecule has 1 amide bonds. The highest BCUT2D eigenvalue weighted by Crippen LogP contribution is 2.41. The van der Waals surface area contributed by atoms with E-state index in [1.807, 2.05) is 33.8 Å². The van der Waals surface area contributed by atoms with Crippen LogP contribution in [0, 0.1) is 12.7 Å². The Balaban J connectivity index is 1.69. The molecule has 2 unspecified atom stereocenters. The van der Waals surface area contributed by atoms with Crippen molar-refractivity contribution in [2.75, 3.05) is 35.6 Å². The van der Waals surface area contributed by atoms with E-state index < -0.39 is 5.82 Å². The molecule has 0 aliphatic carbocycles. The van der Waals surface area contributed by atoms with Gasteiger partial charge in [0.2, 0.25) is 5.91 Å². The molecular formula is C32H33ClFN7O2. The number of carbonyl (C=O) groups excluding carboxylic acids is 1. The van der Waals surface area contributed by atoms with Gasteiger partial charge in [0, 0.05) is 48.5 Å². The van der Waals surface area contributed by atoms with Crippen LogP contribution in [0.25, 0.3) is 28.0 Å². The minimum Gasteiger partial charge on any atom is -0.399 e. The fourth-order valence-electron chi connectivity index (χ4n) is 6.26. The summed E-state index contributed by atoms with van der Waals surface area (Å²) in [6.07, 6.45) is 3.04. The van der Waals surface area contributed by atoms with Crippen molar-refractivity contribution in [1.29, 1.82) is 0 Å². The summed E-state index contributed by atoms with van der Waals surface area (Å²) in [5, 5.41) is 4.07. The lowest BCUT2D eigenvalue weighted by molar-refractivity contribution is -0.128. The molecule has 2 aliphatic heterocycles. The molecule has 2 atom stereocenters. The van der Waals surface area contributed by atoms with Crippen LogP contribution < -0.4 is 21.5 Å². The highest BCUT2D eigenvalue weighted by Gasteiger charge is 2.39. The predicted molar refractivity (Wildman–Crippen MR) is 170 cm³/mol. The fraction of sp³-hybridized carbons (Fsp3) is 0.312. The van der Waals surface area contributed by atoms with Crippen LogP contribution in [-0.2, 0) is 4.79 Å². The first-order valence-electron chi connectivity index (χ1n) is 14.3. The van der Waals surface area contributed by atoms with Gasteiger partial charge in [-0.05, 0) is 61.7 Å². The third-order valence-electron chi connectivity index (χ3n) is 8.35. The van der Waals surface area contributed by atoms with E-state index >= 15 is 4.39 Å². The average molecular weight is 602 g/mol. The molecular weight excluding hydrogens is 569 g/mol. The van der Waals surface area contributed by atoms with E-state index in [-0.39, 0.29) is 45.8 Å². The largest absolute Gasteiger partial charge is 0.399 e. The summed E-state index contributed by atoms with van der Waals surface area (Å²) >= 11 is 6.51. The van der Waals surface area contributed by atoms with Gasteiger partial charge < -0.3 is 20.9 Å². The third-order valence-corrected chi connectivity index (χ3v) is 8.68. The first-order valence-corrected chi connectivity index (χ1v) is 14.6. The first-order chi connectivity index (χ1) is 20.5. The maximum absolute atomic E-state index is 16.2. The summed E-state index contributed by atoms with van der Waals surface area (Å²) in [5.41, 5.74) is 9.79. The quantitative estimate of drug-likeness (QED) is 0.242. The number of nitrogens with one attached hydrogen (secondary N) is 1. The topological polar surface area (TPSA) is 109 Å². The second kappa shape index (κ2) is 10.7. The molecule has 4 aromatic rings. The number of nitrogens with zero attached hydrogens (tertiary/aromatic N) is 5. The second-order valence-corrected chi connectivity index (χ2v) is 11.9. The number of nitrogen functional groups attached to an aromatic ring is 1. The Morgan fingerprint density at radius 2 is 2.00 bits per heavy atom. The van der Waals surface area contributed by atoms with Gasteiger partial charge in [0.1, 0.15) is 17.2 Å². The van der Waals surface area contributed by atoms with Gasteiger partial charge in [-0.15, -0.1) is 0 Å². The molecule has 6 rings (SSSR count). The van der Waals surface area contributed by atoms with Crippen molar-refractivity contribution in [3.8, 4) is 16.9 Å². The Labute approximate surface area is 253 Å². The number of carbonyl (C=O) groups is 1. The van der Waals surface area contributed by atoms with Crippen LogP contribution in [0.5, 0.6) is 0 Å². The minimum absolute atomic E-state index is 0.00942. The highest BCUT2D eigenvalue weighted by atomic mass is 35.5. The van der Waals surface area contributed by atoms with E-state index in [4.69, 9.17) is 22.3 Å². The van der Waals surface area contributed by atoms with Gasteiger partial charge in [-0.2, -0.15) is 0 Å². The van der Waals surface area contributed by atoms with E-state index in [1.54, 1.807) is 33.9 Å². The Morgan fingerprint density at radius 3 is 2.72 bits per heavy atom. The van der Waals surface area contributed by atoms with E-state index in [1.165, 1.54) is 12.1 Å². The van der Waals surface area contributed by atoms with Crippen molar-refractivity contribution < 1.29 is 9.18 Å². The first kappa shape index (κ1) is 28.7. The molecule has 0 saturated carbocycles. The lowest BCUT2D eigenvalue weighted by atomic mass is 9.99. The number of amides is 1. The molecule has 0 radical (unpaired) electrons. The molecule has 0 spiro atoms. The number of halogens is 2. The lowest BCUT2D eigenvalue weighted by Gasteiger charge is -2.49. The molecule has 222 valence electrons. The van der Waals surface area contributed by atoms with Gasteiger partial charge in [-0.1, -0.05) is 32.0 Å². The number of pyridine rings is 3. The van der Waals surface area contributed by atoms with Gasteiger partial charge in [-0.3, -0.25) is 19.1 Å². The van der Waals surface area contributed by atoms with E-state index in [9.17, 15) is 9.59 Å². The van der Waals surface area contributed by atoms with Gasteiger partial charge >= 0.3 is 0 Å². The number of fused-ring (bicyclic) bond motifs is 5. The maximum Gasteiger partial charge on any atom is 0.282 e. The van der Waals surface area contributed by atoms with Crippen molar-refractivity contribution in [2.45, 2.75) is 45.7 Å². The molecule has 1 saturated heterocycles. The van der Waals surface area contributed by atoms with Crippen LogP contribution in [-0.4, -0.2) is 57.1 Å². The molecule has 5 heterocycles. The number of hydrogen-bond donors (Lipinski definition) is 2. The second-order valence-electron chi connectivity index (χ2n) is 11.5. The zero-order valence-electron chi connectivity index (χ0n) is 24.5. The zero-order chi connectivity index (χ0) is 30.7. The summed E-state index contributed by atoms with van der Waals surface area (Å²) in [7, 11) is 0. The smallest absolute Gasteiger partial charge is 0.282 e. The number of aromatic nitrogens is 3. The third kappa shape index (κ3) is 4.60. The number of nitrogens with two attached hydrogens (primary N) is 1. The van der Waals surface area contributed by atoms with Crippen LogP contribution >= 0.6 is 11.6 Å². The van der Waals surface area contributed by atoms with Crippen molar-refractivity contribution >= 4 is 45.6 Å². The molecule has 43 heavy (non-hydrogen) atoms. The summed E-state index contributed by atoms with van der Waals surface area (Å²) in [6.45, 7) is 12.8. The number of aryl methyl sites for hydroxylation is 1. The molecule has 11 heteroatoms. The Morgan fingerprint density at radius 1 is 1.23 bits per heavy atom. The number of piperazine rings is 1. The van der Waals surface area contributed by atoms with Gasteiger partial charge in [0.25, 0.3) is 5.56 Å². The van der Waals surface area contributed by atoms with Crippen LogP contribution in [0.4, 0.5) is 21.5 Å². The fourth-order valence-corrected chi connectivity index (χ4v) is 6.47. The van der Waals surface area contributed by atoms with E-state index in [0.717, 1.165) is 11.3 Å². The Bertz CT molecular complexity index is 1870. The van der Waals surface area contributed by atoms with E-state index in [0.29, 0.717) is 53.3 Å². The molecule has 3 N–H and O–H groups in total. The molecule has 1 aromatic carbocycles. The standard InChI is InChI=1S/C32H33ClFN7O2/c1-6-25(42)39-15-20-13-37-28-30(40(20)14-18(39)5)22-12-24(34)27(21-11-19(35)7-8-23(21)33)38-31(22)41(32(28)43)29-17(4)9-10-36-26(29)16(2)3/h6-12,16,18,20,37H,1,13-15,35H2,2-5H3. The van der Waals surface area contributed by atoms with Crippen LogP contribution in [0.15, 0.2) is 54.0 Å². The number of anilines is 3. The normalized spacial score (nSPS) is 17.9. The van der Waals surface area contributed by atoms with Crippen LogP contribution in [0.2, 0.25) is 5.02 Å². The summed E-state index contributed by atoms with van der Waals surface area (Å²) in [5.74, 6) is -0.761. The van der Waals surface area contributed by atoms with Gasteiger partial charge in [0.15, 0.2) is 5.65 Å². The summed E-state index contributed by atoms with van der Waals surface area (Å²) < 4.78 is 17.7. The predicted octanol–water partition coefficient (Wildman–Crippen LogP) is 5.27. The van der Waals surface area contributed by atoms with Crippen molar-refractivity contribution in [3.63, 3.8) is 0 Å². The monoisotopic (exact) mass is 601 g/mol. The highest BCUT2D eigenvalue weighted by molar-refractivity contribution is 6.33. The molecule has 9 nitrogen and oxygen atoms in total. The molecule has 2 aliphatic rings. The van der Waals surface area contributed by atoms with Gasteiger partial charge in [0.05, 0.1) is 28.1 Å². The summed E-state index contributed by atoms with van der Waals surface area (Å²) in [6, 6.07) is 7.76. The Kier molecular flexibility index (Phi) is 7.12. The van der Waals surface area contributed by atoms with E-state index in [2.05, 4.69) is 21.8 Å². The zero-order valence-corrected chi connectivity index (χ0v) is 25.2. The maximum atomic E-state index is 16.2. The molecule has 1 fully saturated rings. The SMILES string of the molecule is C=CC(=O)N1CC2CNc3c(c4cc(F)c(-c5cc(N)ccc5Cl)nc4n(-c4c(C)ccnc4C(C)C)c3=O)N2CC1C. The number of rotatable bonds is 4. The van der Waals surface area contributed by atoms with Crippen LogP contribution in [0.1, 0.15) is 37.9 Å². The molecule has 0 bridgehead atoms. The summed E-state index contributed by atoms with van der Waals surface area (Å²) in [4.78, 5) is 40.5. The van der Waals surface area contributed by atoms with Gasteiger partial charge in [-0.25, -0.2) is 9.37 Å². The molecule has 3 aromatic heterocycles. The number of hydrogen-bond acceptors (Lipinski definition) is 7. The lowest BCUT2D eigenvalue weighted by Crippen LogP contribution is -2.62. The van der Waals surface area contributed by atoms with Crippen molar-refractivity contribution in [1.82, 2.24) is 19.4 Å². The van der Waals surface area contributed by atoms with Crippen LogP contribution in [0.3, 0.4) is 0 Å². The number of benzene rings is 1. The van der Waals surface area contributed by atoms with Crippen molar-refractivity contribution in [2.24, 2.45) is 0 Å².